The Morgan fingerprint density at radius 2 is 1.63 bits per heavy atom. The molecule has 0 bridgehead atoms. The van der Waals surface area contributed by atoms with E-state index < -0.39 is 0 Å². The van der Waals surface area contributed by atoms with Gasteiger partial charge in [0.05, 0.1) is 13.1 Å². The maximum absolute atomic E-state index is 13.2. The number of H-pyrrole nitrogens is 1. The lowest BCUT2D eigenvalue weighted by Crippen LogP contribution is -2.26. The number of rotatable bonds is 8. The van der Waals surface area contributed by atoms with Gasteiger partial charge in [0.1, 0.15) is 0 Å². The van der Waals surface area contributed by atoms with Crippen molar-refractivity contribution in [1.82, 2.24) is 35.0 Å². The number of hydrogen-bond donors (Lipinski definition) is 1. The van der Waals surface area contributed by atoms with Crippen molar-refractivity contribution >= 4 is 6.08 Å². The van der Waals surface area contributed by atoms with Crippen LogP contribution >= 0.6 is 0 Å². The van der Waals surface area contributed by atoms with Gasteiger partial charge in [0.2, 0.25) is 5.82 Å². The Labute approximate surface area is 202 Å². The smallest absolute Gasteiger partial charge is 0.271 e. The van der Waals surface area contributed by atoms with Gasteiger partial charge in [-0.1, -0.05) is 85.8 Å². The van der Waals surface area contributed by atoms with Crippen molar-refractivity contribution in [3.05, 3.63) is 112 Å². The summed E-state index contributed by atoms with van der Waals surface area (Å²) in [7, 11) is 0. The molecule has 3 aromatic carbocycles. The second-order valence-electron chi connectivity index (χ2n) is 8.19. The number of benzene rings is 3. The van der Waals surface area contributed by atoms with Crippen LogP contribution in [0, 0.1) is 0 Å². The molecule has 2 heterocycles. The third-order valence-corrected chi connectivity index (χ3v) is 5.72. The molecule has 5 aromatic rings. The van der Waals surface area contributed by atoms with Gasteiger partial charge in [-0.15, -0.1) is 15.3 Å². The molecule has 0 saturated heterocycles. The highest BCUT2D eigenvalue weighted by molar-refractivity contribution is 5.70. The molecule has 174 valence electrons. The predicted molar refractivity (Wildman–Crippen MR) is 136 cm³/mol. The van der Waals surface area contributed by atoms with Gasteiger partial charge in [-0.25, -0.2) is 9.48 Å². The molecule has 0 saturated carbocycles. The third kappa shape index (κ3) is 5.01. The van der Waals surface area contributed by atoms with E-state index in [4.69, 9.17) is 0 Å². The SMILES string of the molecule is CC/C=C/c1nn(Cc2ccccc2)c(=O)n1Cc1ccc(-c2cccc(-c3nn[nH]n3)c2)cc1. The zero-order chi connectivity index (χ0) is 24.0. The number of nitrogens with zero attached hydrogens (tertiary/aromatic N) is 6. The average molecular weight is 464 g/mol. The summed E-state index contributed by atoms with van der Waals surface area (Å²) in [5, 5.41) is 18.8. The molecular formula is C27H25N7O. The molecule has 35 heavy (non-hydrogen) atoms. The lowest BCUT2D eigenvalue weighted by atomic mass is 10.0. The van der Waals surface area contributed by atoms with E-state index >= 15 is 0 Å². The van der Waals surface area contributed by atoms with E-state index in [-0.39, 0.29) is 5.69 Å². The summed E-state index contributed by atoms with van der Waals surface area (Å²) in [6.07, 6.45) is 4.81. The monoisotopic (exact) mass is 463 g/mol. The molecule has 0 atom stereocenters. The summed E-state index contributed by atoms with van der Waals surface area (Å²) in [5.41, 5.74) is 4.95. The molecule has 1 N–H and O–H groups in total. The maximum Gasteiger partial charge on any atom is 0.346 e. The Morgan fingerprint density at radius 1 is 0.857 bits per heavy atom. The van der Waals surface area contributed by atoms with Crippen molar-refractivity contribution in [2.24, 2.45) is 0 Å². The van der Waals surface area contributed by atoms with Crippen molar-refractivity contribution in [3.63, 3.8) is 0 Å². The molecule has 2 aromatic heterocycles. The van der Waals surface area contributed by atoms with Gasteiger partial charge in [0.15, 0.2) is 5.82 Å². The minimum Gasteiger partial charge on any atom is -0.271 e. The first-order valence-corrected chi connectivity index (χ1v) is 11.5. The van der Waals surface area contributed by atoms with E-state index in [0.29, 0.717) is 24.7 Å². The van der Waals surface area contributed by atoms with E-state index in [1.54, 1.807) is 4.57 Å². The number of nitrogens with one attached hydrogen (secondary N) is 1. The fourth-order valence-electron chi connectivity index (χ4n) is 3.92. The molecule has 5 rings (SSSR count). The fourth-order valence-corrected chi connectivity index (χ4v) is 3.92. The Balaban J connectivity index is 1.40. The highest BCUT2D eigenvalue weighted by Crippen LogP contribution is 2.24. The van der Waals surface area contributed by atoms with Gasteiger partial charge in [0.25, 0.3) is 0 Å². The average Bonchev–Trinajstić information content (AvgIpc) is 3.54. The number of tetrazole rings is 1. The molecule has 0 spiro atoms. The van der Waals surface area contributed by atoms with Crippen molar-refractivity contribution in [2.75, 3.05) is 0 Å². The third-order valence-electron chi connectivity index (χ3n) is 5.72. The van der Waals surface area contributed by atoms with Crippen LogP contribution in [-0.2, 0) is 13.1 Å². The van der Waals surface area contributed by atoms with Crippen LogP contribution in [0.25, 0.3) is 28.6 Å². The van der Waals surface area contributed by atoms with Crippen molar-refractivity contribution in [3.8, 4) is 22.5 Å². The van der Waals surface area contributed by atoms with Gasteiger partial charge < -0.3 is 0 Å². The summed E-state index contributed by atoms with van der Waals surface area (Å²) < 4.78 is 3.25. The summed E-state index contributed by atoms with van der Waals surface area (Å²) in [5.74, 6) is 1.22. The molecular weight excluding hydrogens is 438 g/mol. The van der Waals surface area contributed by atoms with Gasteiger partial charge in [-0.3, -0.25) is 4.57 Å². The quantitative estimate of drug-likeness (QED) is 0.368. The summed E-state index contributed by atoms with van der Waals surface area (Å²) >= 11 is 0. The van der Waals surface area contributed by atoms with E-state index in [1.165, 1.54) is 4.68 Å². The van der Waals surface area contributed by atoms with Crippen molar-refractivity contribution in [1.29, 1.82) is 0 Å². The van der Waals surface area contributed by atoms with Gasteiger partial charge in [-0.05, 0) is 46.0 Å². The van der Waals surface area contributed by atoms with Crippen LogP contribution < -0.4 is 5.69 Å². The van der Waals surface area contributed by atoms with Gasteiger partial charge >= 0.3 is 5.69 Å². The molecule has 8 nitrogen and oxygen atoms in total. The van der Waals surface area contributed by atoms with Gasteiger partial charge in [0, 0.05) is 5.56 Å². The van der Waals surface area contributed by atoms with Crippen LogP contribution in [0.15, 0.2) is 89.7 Å². The topological polar surface area (TPSA) is 94.3 Å². The second kappa shape index (κ2) is 10.1. The standard InChI is InChI=1S/C27H25N7O/c1-2-3-12-25-30-34(19-20-8-5-4-6-9-20)27(35)33(25)18-21-13-15-22(16-14-21)23-10-7-11-24(17-23)26-28-31-32-29-26/h3-17H,2,18-19H2,1H3,(H,28,29,31,32)/b12-3+. The molecule has 0 aliphatic rings. The number of hydrogen-bond acceptors (Lipinski definition) is 5. The maximum atomic E-state index is 13.2. The molecule has 0 amide bonds. The Morgan fingerprint density at radius 3 is 2.37 bits per heavy atom. The molecule has 0 radical (unpaired) electrons. The van der Waals surface area contributed by atoms with Crippen LogP contribution in [-0.4, -0.2) is 35.0 Å². The predicted octanol–water partition coefficient (Wildman–Crippen LogP) is 4.41. The zero-order valence-electron chi connectivity index (χ0n) is 19.4. The molecule has 8 heteroatoms. The molecule has 0 unspecified atom stereocenters. The Kier molecular flexibility index (Phi) is 6.43. The lowest BCUT2D eigenvalue weighted by molar-refractivity contribution is 0.637. The highest BCUT2D eigenvalue weighted by atomic mass is 16.2. The molecule has 0 aliphatic carbocycles. The number of aromatic amines is 1. The molecule has 0 aliphatic heterocycles. The second-order valence-corrected chi connectivity index (χ2v) is 8.19. The fraction of sp³-hybridized carbons (Fsp3) is 0.148. The molecule has 0 fully saturated rings. The summed E-state index contributed by atoms with van der Waals surface area (Å²) in [6, 6.07) is 26.1. The van der Waals surface area contributed by atoms with E-state index in [2.05, 4.69) is 44.8 Å². The normalized spacial score (nSPS) is 11.3. The van der Waals surface area contributed by atoms with Gasteiger partial charge in [-0.2, -0.15) is 5.21 Å². The van der Waals surface area contributed by atoms with Crippen LogP contribution in [0.5, 0.6) is 0 Å². The van der Waals surface area contributed by atoms with Crippen LogP contribution in [0.4, 0.5) is 0 Å². The highest BCUT2D eigenvalue weighted by Gasteiger charge is 2.13. The van der Waals surface area contributed by atoms with Crippen molar-refractivity contribution in [2.45, 2.75) is 26.4 Å². The number of aromatic nitrogens is 7. The van der Waals surface area contributed by atoms with Crippen LogP contribution in [0.3, 0.4) is 0 Å². The van der Waals surface area contributed by atoms with Crippen LogP contribution in [0.2, 0.25) is 0 Å². The van der Waals surface area contributed by atoms with Crippen LogP contribution in [0.1, 0.15) is 30.3 Å². The number of allylic oxidation sites excluding steroid dienone is 1. The first kappa shape index (κ1) is 22.2. The van der Waals surface area contributed by atoms with E-state index in [1.807, 2.05) is 78.9 Å². The largest absolute Gasteiger partial charge is 0.346 e. The Hall–Kier alpha value is -4.59. The first-order valence-electron chi connectivity index (χ1n) is 11.5. The minimum absolute atomic E-state index is 0.124. The Bertz CT molecular complexity index is 1480. The minimum atomic E-state index is -0.124. The van der Waals surface area contributed by atoms with E-state index in [9.17, 15) is 4.79 Å². The summed E-state index contributed by atoms with van der Waals surface area (Å²) in [6.45, 7) is 2.95. The lowest BCUT2D eigenvalue weighted by Gasteiger charge is -2.07. The van der Waals surface area contributed by atoms with E-state index in [0.717, 1.165) is 34.2 Å². The zero-order valence-corrected chi connectivity index (χ0v) is 19.4. The first-order chi connectivity index (χ1) is 17.2. The van der Waals surface area contributed by atoms with Crippen molar-refractivity contribution < 1.29 is 0 Å². The summed E-state index contributed by atoms with van der Waals surface area (Å²) in [4.78, 5) is 13.2.